The number of likely N-dealkylation sites (tertiary alicyclic amines) is 1. The van der Waals surface area contributed by atoms with E-state index in [0.29, 0.717) is 29.4 Å². The van der Waals surface area contributed by atoms with Gasteiger partial charge in [0.2, 0.25) is 5.91 Å². The Labute approximate surface area is 239 Å². The Bertz CT molecular complexity index is 1340. The summed E-state index contributed by atoms with van der Waals surface area (Å²) in [5.74, 6) is 0.503. The number of fused-ring (bicyclic) bond motifs is 1. The van der Waals surface area contributed by atoms with Crippen LogP contribution in [0.5, 0.6) is 5.75 Å². The molecule has 3 aromatic rings. The summed E-state index contributed by atoms with van der Waals surface area (Å²) >= 11 is 12.6. The van der Waals surface area contributed by atoms with Gasteiger partial charge in [-0.3, -0.25) is 4.79 Å². The standard InChI is InChI=1S/C31H35Cl2N3O3/c32-24-6-3-21-16-25(7-4-20(21)15-24)36-14-11-23(18-36)31(38)34-28(19-35-12-1-2-13-35)30(37)22-5-10-29(27(33)17-22)39-26-8-9-26/h3-7,10,15-17,23,26,28,30,37H,1-2,8-9,11-14,18-19H2,(H,34,38)/t23-,28-,30-/m1/s1. The van der Waals surface area contributed by atoms with Gasteiger partial charge < -0.3 is 25.0 Å². The molecule has 0 spiro atoms. The molecular formula is C31H35Cl2N3O3. The minimum absolute atomic E-state index is 0.00639. The van der Waals surface area contributed by atoms with Crippen molar-refractivity contribution in [2.24, 2.45) is 5.92 Å². The first-order valence-electron chi connectivity index (χ1n) is 14.0. The van der Waals surface area contributed by atoms with Crippen LogP contribution in [0.25, 0.3) is 10.8 Å². The molecule has 0 radical (unpaired) electrons. The predicted molar refractivity (Wildman–Crippen MR) is 157 cm³/mol. The van der Waals surface area contributed by atoms with E-state index in [1.54, 1.807) is 6.07 Å². The number of hydrogen-bond donors (Lipinski definition) is 2. The van der Waals surface area contributed by atoms with Gasteiger partial charge in [-0.05, 0) is 97.9 Å². The molecule has 0 unspecified atom stereocenters. The molecule has 1 aliphatic carbocycles. The van der Waals surface area contributed by atoms with Crippen molar-refractivity contribution in [3.63, 3.8) is 0 Å². The van der Waals surface area contributed by atoms with Crippen LogP contribution in [0.4, 0.5) is 5.69 Å². The number of nitrogens with one attached hydrogen (secondary N) is 1. The van der Waals surface area contributed by atoms with Crippen LogP contribution in [0.15, 0.2) is 54.6 Å². The molecule has 206 valence electrons. The van der Waals surface area contributed by atoms with Gasteiger partial charge in [0.25, 0.3) is 0 Å². The number of aliphatic hydroxyl groups excluding tert-OH is 1. The van der Waals surface area contributed by atoms with Crippen LogP contribution in [0, 0.1) is 5.92 Å². The molecule has 2 saturated heterocycles. The largest absolute Gasteiger partial charge is 0.489 e. The van der Waals surface area contributed by atoms with E-state index in [2.05, 4.69) is 33.3 Å². The number of benzene rings is 3. The third kappa shape index (κ3) is 6.30. The third-order valence-corrected chi connectivity index (χ3v) is 8.72. The molecule has 6 rings (SSSR count). The lowest BCUT2D eigenvalue weighted by Gasteiger charge is -2.30. The van der Waals surface area contributed by atoms with Crippen molar-refractivity contribution in [1.82, 2.24) is 10.2 Å². The van der Waals surface area contributed by atoms with Crippen molar-refractivity contribution in [3.8, 4) is 5.75 Å². The highest BCUT2D eigenvalue weighted by atomic mass is 35.5. The van der Waals surface area contributed by atoms with Crippen molar-refractivity contribution in [3.05, 3.63) is 70.2 Å². The van der Waals surface area contributed by atoms with Crippen molar-refractivity contribution in [2.45, 2.75) is 50.4 Å². The number of ether oxygens (including phenoxy) is 1. The summed E-state index contributed by atoms with van der Waals surface area (Å²) in [7, 11) is 0. The van der Waals surface area contributed by atoms with Crippen LogP contribution >= 0.6 is 23.2 Å². The average molecular weight is 569 g/mol. The maximum absolute atomic E-state index is 13.5. The maximum Gasteiger partial charge on any atom is 0.225 e. The van der Waals surface area contributed by atoms with Crippen molar-refractivity contribution in [2.75, 3.05) is 37.6 Å². The number of aliphatic hydroxyl groups is 1. The smallest absolute Gasteiger partial charge is 0.225 e. The summed E-state index contributed by atoms with van der Waals surface area (Å²) in [5, 5.41) is 18.1. The second-order valence-electron chi connectivity index (χ2n) is 11.2. The molecular weight excluding hydrogens is 533 g/mol. The molecule has 3 atom stereocenters. The Hall–Kier alpha value is -2.51. The SMILES string of the molecule is O=C(N[C@H](CN1CCCC1)[C@H](O)c1ccc(OC2CC2)c(Cl)c1)[C@@H]1CCN(c2ccc3cc(Cl)ccc3c2)C1. The number of halogens is 2. The monoisotopic (exact) mass is 567 g/mol. The summed E-state index contributed by atoms with van der Waals surface area (Å²) in [4.78, 5) is 18.1. The molecule has 0 aromatic heterocycles. The predicted octanol–water partition coefficient (Wildman–Crippen LogP) is 5.83. The zero-order valence-corrected chi connectivity index (χ0v) is 23.5. The Balaban J connectivity index is 1.14. The number of nitrogens with zero attached hydrogens (tertiary/aromatic N) is 2. The molecule has 1 amide bonds. The minimum atomic E-state index is -0.869. The van der Waals surface area contributed by atoms with E-state index < -0.39 is 12.1 Å². The molecule has 8 heteroatoms. The summed E-state index contributed by atoms with van der Waals surface area (Å²) in [6.45, 7) is 4.04. The highest BCUT2D eigenvalue weighted by molar-refractivity contribution is 6.32. The second-order valence-corrected chi connectivity index (χ2v) is 12.0. The summed E-state index contributed by atoms with van der Waals surface area (Å²) in [6.07, 6.45) is 4.55. The molecule has 3 aliphatic rings. The number of rotatable bonds is 9. The van der Waals surface area contributed by atoms with E-state index in [4.69, 9.17) is 27.9 Å². The second kappa shape index (κ2) is 11.5. The number of carbonyl (C=O) groups is 1. The van der Waals surface area contributed by atoms with Crippen molar-refractivity contribution in [1.29, 1.82) is 0 Å². The average Bonchev–Trinajstić information content (AvgIpc) is 3.36. The summed E-state index contributed by atoms with van der Waals surface area (Å²) < 4.78 is 5.86. The van der Waals surface area contributed by atoms with Gasteiger partial charge in [-0.25, -0.2) is 0 Å². The quantitative estimate of drug-likeness (QED) is 0.340. The lowest BCUT2D eigenvalue weighted by Crippen LogP contribution is -2.48. The highest BCUT2D eigenvalue weighted by Gasteiger charge is 2.33. The highest BCUT2D eigenvalue weighted by Crippen LogP contribution is 2.34. The fourth-order valence-electron chi connectivity index (χ4n) is 5.77. The van der Waals surface area contributed by atoms with Crippen LogP contribution in [-0.4, -0.2) is 60.8 Å². The Morgan fingerprint density at radius 3 is 2.51 bits per heavy atom. The van der Waals surface area contributed by atoms with Crippen LogP contribution in [0.2, 0.25) is 10.0 Å². The Kier molecular flexibility index (Phi) is 7.90. The van der Waals surface area contributed by atoms with Crippen LogP contribution in [0.1, 0.15) is 43.8 Å². The number of hydrogen-bond acceptors (Lipinski definition) is 5. The normalized spacial score (nSPS) is 21.3. The van der Waals surface area contributed by atoms with Gasteiger partial charge in [-0.2, -0.15) is 0 Å². The first-order chi connectivity index (χ1) is 18.9. The summed E-state index contributed by atoms with van der Waals surface area (Å²) in [6, 6.07) is 17.3. The van der Waals surface area contributed by atoms with E-state index in [1.807, 2.05) is 30.3 Å². The lowest BCUT2D eigenvalue weighted by molar-refractivity contribution is -0.126. The van der Waals surface area contributed by atoms with E-state index in [0.717, 1.165) is 73.2 Å². The van der Waals surface area contributed by atoms with E-state index >= 15 is 0 Å². The fourth-order valence-corrected chi connectivity index (χ4v) is 6.19. The topological polar surface area (TPSA) is 65.0 Å². The molecule has 39 heavy (non-hydrogen) atoms. The third-order valence-electron chi connectivity index (χ3n) is 8.19. The molecule has 1 saturated carbocycles. The number of amides is 1. The zero-order valence-electron chi connectivity index (χ0n) is 22.0. The van der Waals surface area contributed by atoms with Crippen molar-refractivity contribution < 1.29 is 14.6 Å². The zero-order chi connectivity index (χ0) is 26.9. The van der Waals surface area contributed by atoms with E-state index in [-0.39, 0.29) is 17.9 Å². The Morgan fingerprint density at radius 2 is 1.74 bits per heavy atom. The molecule has 2 aliphatic heterocycles. The number of carbonyl (C=O) groups excluding carboxylic acids is 1. The van der Waals surface area contributed by atoms with Gasteiger partial charge in [0.1, 0.15) is 11.9 Å². The van der Waals surface area contributed by atoms with E-state index in [1.165, 1.54) is 0 Å². The van der Waals surface area contributed by atoms with Gasteiger partial charge in [0, 0.05) is 30.3 Å². The fraction of sp³-hybridized carbons (Fsp3) is 0.452. The van der Waals surface area contributed by atoms with Crippen LogP contribution in [-0.2, 0) is 4.79 Å². The lowest BCUT2D eigenvalue weighted by atomic mass is 10.00. The Morgan fingerprint density at radius 1 is 0.974 bits per heavy atom. The van der Waals surface area contributed by atoms with Crippen molar-refractivity contribution >= 4 is 45.6 Å². The van der Waals surface area contributed by atoms with Gasteiger partial charge in [0.15, 0.2) is 0 Å². The van der Waals surface area contributed by atoms with Gasteiger partial charge in [-0.15, -0.1) is 0 Å². The molecule has 0 bridgehead atoms. The van der Waals surface area contributed by atoms with E-state index in [9.17, 15) is 9.90 Å². The van der Waals surface area contributed by atoms with Crippen LogP contribution < -0.4 is 15.0 Å². The maximum atomic E-state index is 13.5. The molecule has 6 nitrogen and oxygen atoms in total. The minimum Gasteiger partial charge on any atom is -0.489 e. The first kappa shape index (κ1) is 26.7. The summed E-state index contributed by atoms with van der Waals surface area (Å²) in [5.41, 5.74) is 1.80. The van der Waals surface area contributed by atoms with Gasteiger partial charge in [0.05, 0.1) is 23.1 Å². The van der Waals surface area contributed by atoms with Gasteiger partial charge >= 0.3 is 0 Å². The molecule has 2 heterocycles. The molecule has 3 fully saturated rings. The molecule has 3 aromatic carbocycles. The van der Waals surface area contributed by atoms with Gasteiger partial charge in [-0.1, -0.05) is 41.4 Å². The first-order valence-corrected chi connectivity index (χ1v) is 14.8. The number of anilines is 1. The molecule has 2 N–H and O–H groups in total. The van der Waals surface area contributed by atoms with Crippen LogP contribution in [0.3, 0.4) is 0 Å².